The van der Waals surface area contributed by atoms with Crippen molar-refractivity contribution in [2.75, 3.05) is 13.7 Å². The molecule has 0 saturated heterocycles. The third-order valence-electron chi connectivity index (χ3n) is 7.98. The van der Waals surface area contributed by atoms with Crippen LogP contribution in [-0.4, -0.2) is 18.8 Å². The summed E-state index contributed by atoms with van der Waals surface area (Å²) in [6.45, 7) is 10.3. The van der Waals surface area contributed by atoms with Gasteiger partial charge in [-0.05, 0) is 64.5 Å². The second kappa shape index (κ2) is 6.21. The van der Waals surface area contributed by atoms with Crippen molar-refractivity contribution < 1.29 is 14.6 Å². The molecule has 3 aliphatic rings. The van der Waals surface area contributed by atoms with Gasteiger partial charge in [0.1, 0.15) is 5.75 Å². The molecular formula is C29H32O3. The molecule has 1 aliphatic heterocycles. The molecule has 1 spiro atoms. The minimum absolute atomic E-state index is 0.0882. The average Bonchev–Trinajstić information content (AvgIpc) is 3.28. The Morgan fingerprint density at radius 1 is 0.938 bits per heavy atom. The average molecular weight is 429 g/mol. The largest absolute Gasteiger partial charge is 0.507 e. The van der Waals surface area contributed by atoms with Crippen LogP contribution in [0.1, 0.15) is 63.6 Å². The first-order chi connectivity index (χ1) is 15.2. The second-order valence-corrected chi connectivity index (χ2v) is 11.7. The molecule has 0 radical (unpaired) electrons. The summed E-state index contributed by atoms with van der Waals surface area (Å²) in [5, 5.41) is 13.4. The number of fused-ring (bicyclic) bond motifs is 9. The van der Waals surface area contributed by atoms with E-state index in [0.29, 0.717) is 18.1 Å². The minimum Gasteiger partial charge on any atom is -0.507 e. The number of aromatic hydroxyl groups is 1. The van der Waals surface area contributed by atoms with E-state index in [1.807, 2.05) is 6.07 Å². The van der Waals surface area contributed by atoms with Crippen molar-refractivity contribution in [2.24, 2.45) is 10.8 Å². The molecule has 0 atom stereocenters. The normalized spacial score (nSPS) is 21.2. The van der Waals surface area contributed by atoms with Gasteiger partial charge >= 0.3 is 0 Å². The lowest BCUT2D eigenvalue weighted by Gasteiger charge is -2.51. The predicted octanol–water partition coefficient (Wildman–Crippen LogP) is 6.99. The van der Waals surface area contributed by atoms with Crippen LogP contribution in [-0.2, 0) is 11.8 Å². The zero-order valence-electron chi connectivity index (χ0n) is 19.8. The predicted molar refractivity (Wildman–Crippen MR) is 129 cm³/mol. The van der Waals surface area contributed by atoms with Crippen LogP contribution in [0.2, 0.25) is 0 Å². The summed E-state index contributed by atoms with van der Waals surface area (Å²) < 4.78 is 11.7. The van der Waals surface area contributed by atoms with Crippen LogP contribution in [0.3, 0.4) is 0 Å². The molecule has 1 saturated carbocycles. The first-order valence-corrected chi connectivity index (χ1v) is 11.8. The van der Waals surface area contributed by atoms with Crippen molar-refractivity contribution >= 4 is 10.8 Å². The number of methoxy groups -OCH3 is 1. The van der Waals surface area contributed by atoms with Crippen LogP contribution in [0.15, 0.2) is 36.4 Å². The molecule has 2 aliphatic carbocycles. The molecule has 0 bridgehead atoms. The number of hydrogen-bond acceptors (Lipinski definition) is 3. The van der Waals surface area contributed by atoms with Gasteiger partial charge in [-0.25, -0.2) is 0 Å². The molecule has 3 aromatic carbocycles. The highest BCUT2D eigenvalue weighted by molar-refractivity contribution is 6.08. The molecule has 32 heavy (non-hydrogen) atoms. The maximum atomic E-state index is 11.3. The first-order valence-electron chi connectivity index (χ1n) is 11.8. The van der Waals surface area contributed by atoms with Gasteiger partial charge in [-0.3, -0.25) is 0 Å². The Labute approximate surface area is 190 Å². The molecule has 0 aromatic heterocycles. The summed E-state index contributed by atoms with van der Waals surface area (Å²) in [5.74, 6) is 1.90. The lowest BCUT2D eigenvalue weighted by Crippen LogP contribution is -2.43. The third kappa shape index (κ3) is 2.54. The van der Waals surface area contributed by atoms with E-state index in [9.17, 15) is 5.11 Å². The van der Waals surface area contributed by atoms with E-state index in [4.69, 9.17) is 9.47 Å². The summed E-state index contributed by atoms with van der Waals surface area (Å²) in [5.41, 5.74) is 6.85. The van der Waals surface area contributed by atoms with Crippen molar-refractivity contribution in [3.05, 3.63) is 53.1 Å². The SMILES string of the molecule is COc1cc2c(O)cc3c(c2c2c1OCC2)-c1ccccc1C31CC(C)(C)CC(C)(C)C1. The van der Waals surface area contributed by atoms with Gasteiger partial charge in [-0.15, -0.1) is 0 Å². The monoisotopic (exact) mass is 428 g/mol. The fraction of sp³-hybridized carbons (Fsp3) is 0.448. The summed E-state index contributed by atoms with van der Waals surface area (Å²) in [6, 6.07) is 13.0. The molecule has 1 heterocycles. The van der Waals surface area contributed by atoms with Gasteiger partial charge in [0.2, 0.25) is 0 Å². The van der Waals surface area contributed by atoms with Crippen LogP contribution >= 0.6 is 0 Å². The fourth-order valence-electron chi connectivity index (χ4n) is 7.82. The van der Waals surface area contributed by atoms with Crippen LogP contribution in [0, 0.1) is 10.8 Å². The summed E-state index contributed by atoms with van der Waals surface area (Å²) in [7, 11) is 1.67. The second-order valence-electron chi connectivity index (χ2n) is 11.7. The quantitative estimate of drug-likeness (QED) is 0.454. The highest BCUT2D eigenvalue weighted by Gasteiger charge is 2.54. The van der Waals surface area contributed by atoms with Crippen molar-refractivity contribution in [3.63, 3.8) is 0 Å². The molecular weight excluding hydrogens is 396 g/mol. The van der Waals surface area contributed by atoms with Gasteiger partial charge in [-0.2, -0.15) is 0 Å². The van der Waals surface area contributed by atoms with E-state index in [1.165, 1.54) is 34.2 Å². The molecule has 1 fully saturated rings. The van der Waals surface area contributed by atoms with Gasteiger partial charge in [0.25, 0.3) is 0 Å². The Morgan fingerprint density at radius 3 is 2.38 bits per heavy atom. The van der Waals surface area contributed by atoms with Crippen LogP contribution < -0.4 is 9.47 Å². The summed E-state index contributed by atoms with van der Waals surface area (Å²) in [4.78, 5) is 0. The number of hydrogen-bond donors (Lipinski definition) is 1. The molecule has 3 nitrogen and oxygen atoms in total. The number of phenolic OH excluding ortho intramolecular Hbond substituents is 1. The minimum atomic E-state index is -0.0882. The highest BCUT2D eigenvalue weighted by Crippen LogP contribution is 2.65. The molecule has 6 rings (SSSR count). The van der Waals surface area contributed by atoms with Crippen LogP contribution in [0.4, 0.5) is 0 Å². The maximum Gasteiger partial charge on any atom is 0.165 e. The van der Waals surface area contributed by atoms with E-state index in [1.54, 1.807) is 7.11 Å². The molecule has 166 valence electrons. The van der Waals surface area contributed by atoms with E-state index in [-0.39, 0.29) is 16.2 Å². The van der Waals surface area contributed by atoms with E-state index in [2.05, 4.69) is 58.0 Å². The van der Waals surface area contributed by atoms with Gasteiger partial charge < -0.3 is 14.6 Å². The van der Waals surface area contributed by atoms with E-state index < -0.39 is 0 Å². The van der Waals surface area contributed by atoms with Crippen LogP contribution in [0.5, 0.6) is 17.2 Å². The lowest BCUT2D eigenvalue weighted by molar-refractivity contribution is 0.0645. The molecule has 3 heteroatoms. The topological polar surface area (TPSA) is 38.7 Å². The maximum absolute atomic E-state index is 11.3. The highest BCUT2D eigenvalue weighted by atomic mass is 16.5. The van der Waals surface area contributed by atoms with Crippen molar-refractivity contribution in [1.29, 1.82) is 0 Å². The molecule has 3 aromatic rings. The Hall–Kier alpha value is -2.68. The fourth-order valence-corrected chi connectivity index (χ4v) is 7.82. The van der Waals surface area contributed by atoms with Crippen LogP contribution in [0.25, 0.3) is 21.9 Å². The number of phenols is 1. The standard InChI is InChI=1S/C29H32O3/c1-27(2)14-28(3,4)16-29(15-27)20-9-7-6-8-17(20)25-21(29)13-22(30)19-12-23(31-5)26-18(24(19)25)10-11-32-26/h6-9,12-13,30H,10-11,14-16H2,1-5H3. The van der Waals surface area contributed by atoms with E-state index in [0.717, 1.165) is 35.8 Å². The number of benzene rings is 3. The van der Waals surface area contributed by atoms with Gasteiger partial charge in [-0.1, -0.05) is 52.0 Å². The zero-order valence-corrected chi connectivity index (χ0v) is 19.8. The smallest absolute Gasteiger partial charge is 0.165 e. The Kier molecular flexibility index (Phi) is 3.88. The Bertz CT molecular complexity index is 1270. The lowest BCUT2D eigenvalue weighted by atomic mass is 9.52. The van der Waals surface area contributed by atoms with Gasteiger partial charge in [0.05, 0.1) is 13.7 Å². The van der Waals surface area contributed by atoms with E-state index >= 15 is 0 Å². The van der Waals surface area contributed by atoms with Crippen molar-refractivity contribution in [2.45, 2.75) is 58.8 Å². The van der Waals surface area contributed by atoms with Gasteiger partial charge in [0.15, 0.2) is 11.5 Å². The Balaban J connectivity index is 1.76. The molecule has 0 amide bonds. The number of rotatable bonds is 1. The van der Waals surface area contributed by atoms with Gasteiger partial charge in [0, 0.05) is 28.2 Å². The summed E-state index contributed by atoms with van der Waals surface area (Å²) >= 11 is 0. The Morgan fingerprint density at radius 2 is 1.66 bits per heavy atom. The first kappa shape index (κ1) is 20.0. The zero-order chi connectivity index (χ0) is 22.5. The molecule has 1 N–H and O–H groups in total. The molecule has 0 unspecified atom stereocenters. The van der Waals surface area contributed by atoms with Crippen molar-refractivity contribution in [3.8, 4) is 28.4 Å². The summed E-state index contributed by atoms with van der Waals surface area (Å²) in [6.07, 6.45) is 4.23. The third-order valence-corrected chi connectivity index (χ3v) is 7.98. The number of ether oxygens (including phenoxy) is 2. The van der Waals surface area contributed by atoms with Crippen molar-refractivity contribution in [1.82, 2.24) is 0 Å².